The second-order valence-corrected chi connectivity index (χ2v) is 12.2. The number of halogens is 1. The van der Waals surface area contributed by atoms with E-state index in [1.807, 2.05) is 55.3 Å². The van der Waals surface area contributed by atoms with Crippen LogP contribution in [0.25, 0.3) is 10.9 Å². The number of amides is 1. The molecule has 216 valence electrons. The normalized spacial score (nSPS) is 17.6. The van der Waals surface area contributed by atoms with Gasteiger partial charge < -0.3 is 14.2 Å². The zero-order valence-electron chi connectivity index (χ0n) is 24.6. The number of likely N-dealkylation sites (tertiary alicyclic amines) is 1. The van der Waals surface area contributed by atoms with Crippen LogP contribution in [0.15, 0.2) is 79.0 Å². The number of aryl methyl sites for hydroxylation is 2. The highest BCUT2D eigenvalue weighted by Gasteiger charge is 2.39. The van der Waals surface area contributed by atoms with Gasteiger partial charge in [-0.25, -0.2) is 0 Å². The number of para-hydroxylation sites is 1. The molecule has 1 atom stereocenters. The van der Waals surface area contributed by atoms with E-state index in [0.29, 0.717) is 19.6 Å². The second kappa shape index (κ2) is 13.1. The Bertz CT molecular complexity index is 1470. The molecule has 0 N–H and O–H groups in total. The Kier molecular flexibility index (Phi) is 9.36. The van der Waals surface area contributed by atoms with E-state index in [-0.39, 0.29) is 11.3 Å². The Hall–Kier alpha value is -3.28. The van der Waals surface area contributed by atoms with Gasteiger partial charge in [-0.15, -0.1) is 0 Å². The summed E-state index contributed by atoms with van der Waals surface area (Å²) in [6.45, 7) is 9.03. The number of fused-ring (bicyclic) bond motifs is 1. The third kappa shape index (κ3) is 7.14. The number of benzene rings is 3. The van der Waals surface area contributed by atoms with Gasteiger partial charge in [-0.2, -0.15) is 0 Å². The van der Waals surface area contributed by atoms with E-state index in [9.17, 15) is 4.79 Å². The highest BCUT2D eigenvalue weighted by molar-refractivity contribution is 6.31. The third-order valence-corrected chi connectivity index (χ3v) is 8.78. The molecule has 0 radical (unpaired) electrons. The summed E-state index contributed by atoms with van der Waals surface area (Å²) in [5.41, 5.74) is 4.50. The zero-order chi connectivity index (χ0) is 28.8. The Labute approximate surface area is 249 Å². The molecule has 2 heterocycles. The molecule has 1 fully saturated rings. The van der Waals surface area contributed by atoms with Crippen LogP contribution in [-0.2, 0) is 24.4 Å². The van der Waals surface area contributed by atoms with Gasteiger partial charge in [-0.05, 0) is 73.7 Å². The van der Waals surface area contributed by atoms with Gasteiger partial charge in [-0.3, -0.25) is 9.69 Å². The summed E-state index contributed by atoms with van der Waals surface area (Å²) in [6.07, 6.45) is 5.88. The van der Waals surface area contributed by atoms with Gasteiger partial charge in [0, 0.05) is 67.2 Å². The summed E-state index contributed by atoms with van der Waals surface area (Å²) >= 11 is 6.27. The lowest BCUT2D eigenvalue weighted by Gasteiger charge is -2.43. The van der Waals surface area contributed by atoms with Crippen LogP contribution in [0.2, 0.25) is 5.02 Å². The summed E-state index contributed by atoms with van der Waals surface area (Å²) in [7, 11) is 1.91. The zero-order valence-corrected chi connectivity index (χ0v) is 25.4. The van der Waals surface area contributed by atoms with E-state index in [0.717, 1.165) is 67.3 Å². The first-order valence-corrected chi connectivity index (χ1v) is 15.2. The molecule has 1 aromatic heterocycles. The highest BCUT2D eigenvalue weighted by Crippen LogP contribution is 2.37. The van der Waals surface area contributed by atoms with Crippen LogP contribution in [0.3, 0.4) is 0 Å². The lowest BCUT2D eigenvalue weighted by molar-refractivity contribution is -0.135. The third-order valence-electron chi connectivity index (χ3n) is 8.36. The number of rotatable bonds is 11. The van der Waals surface area contributed by atoms with Gasteiger partial charge in [0.25, 0.3) is 0 Å². The molecule has 41 heavy (non-hydrogen) atoms. The summed E-state index contributed by atoms with van der Waals surface area (Å²) in [5.74, 6) is 0.960. The highest BCUT2D eigenvalue weighted by atomic mass is 35.5. The first-order chi connectivity index (χ1) is 19.9. The molecule has 1 saturated heterocycles. The standard InChI is InChI=1S/C35H42ClN3O2/c1-4-18-39-24-29(31-13-8-9-14-33(31)39)23-38-19-10-17-35(25-38,26-41-30-15-16-32(36)27(2)20-30)21-34(40)37(3)22-28-11-6-5-7-12-28/h5-9,11-16,20,24H,4,10,17-19,21-23,25-26H2,1-3H3/t35-/m1/s1. The van der Waals surface area contributed by atoms with Crippen LogP contribution in [0.5, 0.6) is 5.75 Å². The molecule has 1 aliphatic rings. The summed E-state index contributed by atoms with van der Waals surface area (Å²) < 4.78 is 8.81. The van der Waals surface area contributed by atoms with Crippen LogP contribution < -0.4 is 4.74 Å². The van der Waals surface area contributed by atoms with Crippen LogP contribution in [0, 0.1) is 12.3 Å². The average Bonchev–Trinajstić information content (AvgIpc) is 3.31. The average molecular weight is 572 g/mol. The number of hydrogen-bond donors (Lipinski definition) is 0. The van der Waals surface area contributed by atoms with Gasteiger partial charge in [0.1, 0.15) is 5.75 Å². The van der Waals surface area contributed by atoms with Crippen LogP contribution in [0.4, 0.5) is 0 Å². The molecule has 0 bridgehead atoms. The maximum absolute atomic E-state index is 13.7. The van der Waals surface area contributed by atoms with E-state index >= 15 is 0 Å². The van der Waals surface area contributed by atoms with Crippen molar-refractivity contribution in [2.24, 2.45) is 5.41 Å². The van der Waals surface area contributed by atoms with Gasteiger partial charge in [0.05, 0.1) is 6.61 Å². The number of aromatic nitrogens is 1. The Balaban J connectivity index is 1.36. The van der Waals surface area contributed by atoms with Crippen LogP contribution in [0.1, 0.15) is 49.3 Å². The molecule has 5 nitrogen and oxygen atoms in total. The van der Waals surface area contributed by atoms with Gasteiger partial charge >= 0.3 is 0 Å². The number of piperidine rings is 1. The number of carbonyl (C=O) groups is 1. The predicted molar refractivity (Wildman–Crippen MR) is 168 cm³/mol. The maximum atomic E-state index is 13.7. The molecule has 1 amide bonds. The van der Waals surface area contributed by atoms with Crippen molar-refractivity contribution in [3.05, 3.63) is 101 Å². The largest absolute Gasteiger partial charge is 0.493 e. The number of carbonyl (C=O) groups excluding carboxylic acids is 1. The molecule has 6 heteroatoms. The molecule has 0 spiro atoms. The molecule has 4 aromatic rings. The fourth-order valence-corrected chi connectivity index (χ4v) is 6.34. The number of nitrogens with zero attached hydrogens (tertiary/aromatic N) is 3. The molecule has 0 saturated carbocycles. The van der Waals surface area contributed by atoms with Gasteiger partial charge in [0.15, 0.2) is 0 Å². The van der Waals surface area contributed by atoms with Crippen molar-refractivity contribution in [3.8, 4) is 5.75 Å². The fraction of sp³-hybridized carbons (Fsp3) is 0.400. The monoisotopic (exact) mass is 571 g/mol. The Morgan fingerprint density at radius 2 is 1.85 bits per heavy atom. The first-order valence-electron chi connectivity index (χ1n) is 14.8. The maximum Gasteiger partial charge on any atom is 0.223 e. The van der Waals surface area contributed by atoms with E-state index in [2.05, 4.69) is 59.0 Å². The quantitative estimate of drug-likeness (QED) is 0.185. The fourth-order valence-electron chi connectivity index (χ4n) is 6.22. The van der Waals surface area contributed by atoms with E-state index in [4.69, 9.17) is 16.3 Å². The molecular formula is C35H42ClN3O2. The van der Waals surface area contributed by atoms with Crippen molar-refractivity contribution >= 4 is 28.4 Å². The summed E-state index contributed by atoms with van der Waals surface area (Å²) in [5, 5.41) is 2.06. The second-order valence-electron chi connectivity index (χ2n) is 11.8. The molecular weight excluding hydrogens is 530 g/mol. The molecule has 3 aromatic carbocycles. The molecule has 0 unspecified atom stereocenters. The lowest BCUT2D eigenvalue weighted by Crippen LogP contribution is -2.48. The first kappa shape index (κ1) is 29.2. The summed E-state index contributed by atoms with van der Waals surface area (Å²) in [6, 6.07) is 24.7. The van der Waals surface area contributed by atoms with Crippen molar-refractivity contribution in [1.29, 1.82) is 0 Å². The van der Waals surface area contributed by atoms with Crippen molar-refractivity contribution in [2.45, 2.75) is 59.2 Å². The lowest BCUT2D eigenvalue weighted by atomic mass is 9.77. The topological polar surface area (TPSA) is 37.7 Å². The predicted octanol–water partition coefficient (Wildman–Crippen LogP) is 7.72. The minimum absolute atomic E-state index is 0.158. The van der Waals surface area contributed by atoms with E-state index in [1.165, 1.54) is 16.5 Å². The van der Waals surface area contributed by atoms with E-state index < -0.39 is 0 Å². The Morgan fingerprint density at radius 1 is 1.07 bits per heavy atom. The minimum Gasteiger partial charge on any atom is -0.493 e. The summed E-state index contributed by atoms with van der Waals surface area (Å²) in [4.78, 5) is 18.1. The van der Waals surface area contributed by atoms with Crippen molar-refractivity contribution in [2.75, 3.05) is 26.7 Å². The smallest absolute Gasteiger partial charge is 0.223 e. The molecule has 0 aliphatic carbocycles. The molecule has 5 rings (SSSR count). The number of ether oxygens (including phenoxy) is 1. The molecule has 1 aliphatic heterocycles. The number of hydrogen-bond acceptors (Lipinski definition) is 3. The van der Waals surface area contributed by atoms with Crippen molar-refractivity contribution in [1.82, 2.24) is 14.4 Å². The van der Waals surface area contributed by atoms with Gasteiger partial charge in [0.2, 0.25) is 5.91 Å². The van der Waals surface area contributed by atoms with E-state index in [1.54, 1.807) is 0 Å². The SMILES string of the molecule is CCCn1cc(CN2CCC[C@@](COc3ccc(Cl)c(C)c3)(CC(=O)N(C)Cc3ccccc3)C2)c2ccccc21. The van der Waals surface area contributed by atoms with Crippen molar-refractivity contribution < 1.29 is 9.53 Å². The van der Waals surface area contributed by atoms with Crippen molar-refractivity contribution in [3.63, 3.8) is 0 Å². The van der Waals surface area contributed by atoms with Gasteiger partial charge in [-0.1, -0.05) is 67.1 Å². The minimum atomic E-state index is -0.282. The van der Waals surface area contributed by atoms with Crippen LogP contribution in [-0.4, -0.2) is 47.0 Å². The van der Waals surface area contributed by atoms with Crippen LogP contribution >= 0.6 is 11.6 Å². The Morgan fingerprint density at radius 3 is 2.63 bits per heavy atom.